The van der Waals surface area contributed by atoms with Gasteiger partial charge in [0.05, 0.1) is 5.56 Å². The molecular weight excluding hydrogens is 403 g/mol. The molecule has 3 rings (SSSR count). The van der Waals surface area contributed by atoms with Crippen molar-refractivity contribution in [3.05, 3.63) is 51.4 Å². The average molecular weight is 411 g/mol. The minimum Gasteiger partial charge on any atom is -0.395 e. The van der Waals surface area contributed by atoms with Crippen LogP contribution in [0.2, 0.25) is 5.02 Å². The molecule has 2 heterocycles. The number of halogens is 6. The smallest absolute Gasteiger partial charge is 0.395 e. The van der Waals surface area contributed by atoms with Gasteiger partial charge in [-0.2, -0.15) is 13.2 Å². The number of ether oxygens (including phenoxy) is 2. The van der Waals surface area contributed by atoms with E-state index in [1.807, 2.05) is 0 Å². The molecule has 0 radical (unpaired) electrons. The number of pyridine rings is 1. The van der Waals surface area contributed by atoms with Crippen molar-refractivity contribution >= 4 is 23.2 Å². The quantitative estimate of drug-likeness (QED) is 0.787. The van der Waals surface area contributed by atoms with Crippen molar-refractivity contribution in [1.29, 1.82) is 0 Å². The highest BCUT2D eigenvalue weighted by Crippen LogP contribution is 2.42. The number of benzene rings is 1. The van der Waals surface area contributed by atoms with Gasteiger partial charge in [-0.1, -0.05) is 11.6 Å². The van der Waals surface area contributed by atoms with Gasteiger partial charge in [0, 0.05) is 18.0 Å². The third-order valence-electron chi connectivity index (χ3n) is 3.37. The second-order valence-corrected chi connectivity index (χ2v) is 5.79. The van der Waals surface area contributed by atoms with E-state index in [1.165, 1.54) is 6.07 Å². The van der Waals surface area contributed by atoms with Gasteiger partial charge in [-0.05, 0) is 18.2 Å². The molecule has 0 spiro atoms. The van der Waals surface area contributed by atoms with Gasteiger partial charge >= 0.3 is 12.5 Å². The first kappa shape index (κ1) is 19.0. The maximum Gasteiger partial charge on any atom is 0.586 e. The lowest BCUT2D eigenvalue weighted by molar-refractivity contribution is -0.286. The topological polar surface area (TPSA) is 69.6 Å². The van der Waals surface area contributed by atoms with E-state index >= 15 is 0 Å². The number of carbonyl (C=O) groups excluding carboxylic acids is 1. The van der Waals surface area contributed by atoms with Crippen LogP contribution < -0.4 is 20.3 Å². The van der Waals surface area contributed by atoms with Crippen molar-refractivity contribution in [3.63, 3.8) is 0 Å². The zero-order valence-electron chi connectivity index (χ0n) is 12.9. The molecule has 2 aromatic rings. The molecule has 0 unspecified atom stereocenters. The minimum absolute atomic E-state index is 0.00571. The Morgan fingerprint density at radius 2 is 1.85 bits per heavy atom. The van der Waals surface area contributed by atoms with Crippen LogP contribution in [0.4, 0.5) is 27.6 Å². The van der Waals surface area contributed by atoms with Crippen molar-refractivity contribution in [1.82, 2.24) is 4.57 Å². The summed E-state index contributed by atoms with van der Waals surface area (Å²) in [5.41, 5.74) is -2.19. The normalized spacial score (nSPS) is 14.9. The molecule has 6 nitrogen and oxygen atoms in total. The van der Waals surface area contributed by atoms with Gasteiger partial charge < -0.3 is 19.4 Å². The zero-order chi connectivity index (χ0) is 20.0. The van der Waals surface area contributed by atoms with E-state index in [1.54, 1.807) is 0 Å². The number of nitrogens with zero attached hydrogens (tertiary/aromatic N) is 1. The molecule has 144 valence electrons. The number of hydrogen-bond acceptors (Lipinski definition) is 4. The molecule has 1 N–H and O–H groups in total. The Hall–Kier alpha value is -2.82. The predicted octanol–water partition coefficient (Wildman–Crippen LogP) is 3.48. The van der Waals surface area contributed by atoms with E-state index < -0.39 is 41.1 Å². The fourth-order valence-electron chi connectivity index (χ4n) is 2.25. The summed E-state index contributed by atoms with van der Waals surface area (Å²) in [5.74, 6) is -1.48. The van der Waals surface area contributed by atoms with Gasteiger partial charge in [0.1, 0.15) is 11.6 Å². The second kappa shape index (κ2) is 6.41. The molecular formula is C15H8ClF5N2O4. The van der Waals surface area contributed by atoms with Crippen molar-refractivity contribution in [2.24, 2.45) is 0 Å². The summed E-state index contributed by atoms with van der Waals surface area (Å²) < 4.78 is 73.2. The Morgan fingerprint density at radius 3 is 2.52 bits per heavy atom. The summed E-state index contributed by atoms with van der Waals surface area (Å²) in [6, 6.07) is 3.81. The summed E-state index contributed by atoms with van der Waals surface area (Å²) in [6.45, 7) is -0.785. The monoisotopic (exact) mass is 410 g/mol. The first-order valence-corrected chi connectivity index (χ1v) is 7.49. The standard InChI is InChI=1S/C15H8ClF5N2O4/c16-9-3-7(14(17,18)19)5-23(13(9)25)6-12(24)22-8-1-2-10-11(4-8)27-15(20,21)26-10/h1-5H,6H2,(H,22,24). The number of carbonyl (C=O) groups is 1. The van der Waals surface area contributed by atoms with Crippen LogP contribution in [0.5, 0.6) is 11.5 Å². The van der Waals surface area contributed by atoms with Crippen LogP contribution in [0, 0.1) is 0 Å². The lowest BCUT2D eigenvalue weighted by Crippen LogP contribution is -2.29. The van der Waals surface area contributed by atoms with Crippen LogP contribution >= 0.6 is 11.6 Å². The number of aromatic nitrogens is 1. The van der Waals surface area contributed by atoms with Crippen molar-refractivity contribution in [2.75, 3.05) is 5.32 Å². The molecule has 1 aliphatic heterocycles. The maximum absolute atomic E-state index is 13.0. The molecule has 1 aromatic heterocycles. The van der Waals surface area contributed by atoms with Gasteiger partial charge in [-0.25, -0.2) is 0 Å². The van der Waals surface area contributed by atoms with Gasteiger partial charge in [0.15, 0.2) is 11.5 Å². The van der Waals surface area contributed by atoms with Gasteiger partial charge in [-0.15, -0.1) is 8.78 Å². The number of alkyl halides is 5. The number of nitrogens with one attached hydrogen (secondary N) is 1. The van der Waals surface area contributed by atoms with E-state index in [0.717, 1.165) is 12.1 Å². The summed E-state index contributed by atoms with van der Waals surface area (Å²) >= 11 is 5.49. The Labute approximate surface area is 152 Å². The van der Waals surface area contributed by atoms with Crippen LogP contribution in [0.15, 0.2) is 35.3 Å². The summed E-state index contributed by atoms with van der Waals surface area (Å²) in [5, 5.41) is 1.54. The van der Waals surface area contributed by atoms with Gasteiger partial charge in [-0.3, -0.25) is 9.59 Å². The Bertz CT molecular complexity index is 974. The lowest BCUT2D eigenvalue weighted by atomic mass is 10.2. The van der Waals surface area contributed by atoms with E-state index in [2.05, 4.69) is 14.8 Å². The minimum atomic E-state index is -4.77. The molecule has 0 atom stereocenters. The third kappa shape index (κ3) is 4.13. The van der Waals surface area contributed by atoms with Crippen molar-refractivity contribution < 1.29 is 36.2 Å². The van der Waals surface area contributed by atoms with E-state index in [4.69, 9.17) is 11.6 Å². The van der Waals surface area contributed by atoms with E-state index in [0.29, 0.717) is 16.8 Å². The SMILES string of the molecule is O=C(Cn1cc(C(F)(F)F)cc(Cl)c1=O)Nc1ccc2c(c1)OC(F)(F)O2. The predicted molar refractivity (Wildman–Crippen MR) is 82.0 cm³/mol. The van der Waals surface area contributed by atoms with Crippen LogP contribution in [0.3, 0.4) is 0 Å². The van der Waals surface area contributed by atoms with Crippen LogP contribution in [-0.4, -0.2) is 16.8 Å². The number of fused-ring (bicyclic) bond motifs is 1. The first-order chi connectivity index (χ1) is 12.4. The lowest BCUT2D eigenvalue weighted by Gasteiger charge is -2.12. The Kier molecular flexibility index (Phi) is 4.50. The highest BCUT2D eigenvalue weighted by atomic mass is 35.5. The molecule has 0 fully saturated rings. The van der Waals surface area contributed by atoms with Gasteiger partial charge in [0.2, 0.25) is 5.91 Å². The molecule has 1 aromatic carbocycles. The fourth-order valence-corrected chi connectivity index (χ4v) is 2.48. The Morgan fingerprint density at radius 1 is 1.19 bits per heavy atom. The molecule has 0 saturated carbocycles. The molecule has 0 bridgehead atoms. The Balaban J connectivity index is 1.78. The van der Waals surface area contributed by atoms with E-state index in [9.17, 15) is 31.5 Å². The zero-order valence-corrected chi connectivity index (χ0v) is 13.7. The molecule has 0 saturated heterocycles. The fraction of sp³-hybridized carbons (Fsp3) is 0.200. The van der Waals surface area contributed by atoms with Gasteiger partial charge in [0.25, 0.3) is 5.56 Å². The molecule has 1 amide bonds. The largest absolute Gasteiger partial charge is 0.586 e. The number of hydrogen-bond donors (Lipinski definition) is 1. The molecule has 0 aliphatic carbocycles. The number of rotatable bonds is 3. The summed E-state index contributed by atoms with van der Waals surface area (Å²) in [4.78, 5) is 23.8. The second-order valence-electron chi connectivity index (χ2n) is 5.38. The van der Waals surface area contributed by atoms with Crippen LogP contribution in [-0.2, 0) is 17.5 Å². The molecule has 12 heteroatoms. The van der Waals surface area contributed by atoms with Crippen LogP contribution in [0.1, 0.15) is 5.56 Å². The average Bonchev–Trinajstić information content (AvgIpc) is 2.83. The van der Waals surface area contributed by atoms with Crippen LogP contribution in [0.25, 0.3) is 0 Å². The highest BCUT2D eigenvalue weighted by molar-refractivity contribution is 6.30. The number of amides is 1. The summed E-state index contributed by atoms with van der Waals surface area (Å²) in [7, 11) is 0. The molecule has 27 heavy (non-hydrogen) atoms. The highest BCUT2D eigenvalue weighted by Gasteiger charge is 2.43. The first-order valence-electron chi connectivity index (χ1n) is 7.11. The van der Waals surface area contributed by atoms with Crippen molar-refractivity contribution in [3.8, 4) is 11.5 Å². The van der Waals surface area contributed by atoms with E-state index in [-0.39, 0.29) is 17.2 Å². The maximum atomic E-state index is 13.0. The number of anilines is 1. The van der Waals surface area contributed by atoms with Crippen molar-refractivity contribution in [2.45, 2.75) is 19.0 Å². The summed E-state index contributed by atoms with van der Waals surface area (Å²) in [6.07, 6.45) is -8.15. The molecule has 1 aliphatic rings. The third-order valence-corrected chi connectivity index (χ3v) is 3.64.